The van der Waals surface area contributed by atoms with Crippen LogP contribution in [0.25, 0.3) is 0 Å². The van der Waals surface area contributed by atoms with Crippen molar-refractivity contribution in [3.63, 3.8) is 0 Å². The predicted molar refractivity (Wildman–Crippen MR) is 206 cm³/mol. The molecule has 11 nitrogen and oxygen atoms in total. The van der Waals surface area contributed by atoms with Crippen LogP contribution in [-0.2, 0) is 41.7 Å². The van der Waals surface area contributed by atoms with E-state index in [4.69, 9.17) is 9.47 Å². The fourth-order valence-corrected chi connectivity index (χ4v) is 7.27. The first-order chi connectivity index (χ1) is 25.0. The highest BCUT2D eigenvalue weighted by Crippen LogP contribution is 2.40. The lowest BCUT2D eigenvalue weighted by molar-refractivity contribution is -0.164. The summed E-state index contributed by atoms with van der Waals surface area (Å²) in [5.74, 6) is -1.91. The zero-order valence-corrected chi connectivity index (χ0v) is 32.5. The minimum atomic E-state index is -1.53. The maximum Gasteiger partial charge on any atom is 0.307 e. The minimum absolute atomic E-state index is 0.125. The van der Waals surface area contributed by atoms with Crippen molar-refractivity contribution in [3.05, 3.63) is 101 Å². The molecule has 1 saturated heterocycles. The number of carbonyl (C=O) groups is 5. The molecule has 1 fully saturated rings. The van der Waals surface area contributed by atoms with Gasteiger partial charge in [0.1, 0.15) is 11.8 Å². The van der Waals surface area contributed by atoms with Gasteiger partial charge in [-0.15, -0.1) is 11.8 Å². The van der Waals surface area contributed by atoms with E-state index in [-0.39, 0.29) is 43.6 Å². The number of thioether (sulfide) groups is 1. The Morgan fingerprint density at radius 3 is 2.06 bits per heavy atom. The van der Waals surface area contributed by atoms with Crippen molar-refractivity contribution in [1.82, 2.24) is 20.9 Å². The summed E-state index contributed by atoms with van der Waals surface area (Å²) >= 11 is 1.43. The molecule has 3 aromatic rings. The van der Waals surface area contributed by atoms with E-state index in [0.717, 1.165) is 22.3 Å². The lowest BCUT2D eigenvalue weighted by atomic mass is 9.96. The summed E-state index contributed by atoms with van der Waals surface area (Å²) in [7, 11) is 0. The Labute approximate surface area is 317 Å². The standard InChI is InChI=1S/C41H52N4O7S/c1-27-15-14-16-28(2)35(27)51-25-33(47)43-31(23-29-17-10-8-11-18-29)36(52-34(48)22-21-32(46)42-24-30-19-12-9-13-20-30)39(50)45-26-53-41(6,7)37(45)38(49)44-40(3,4)5/h8-20,31,36-37H,21-26H2,1-7H3,(H,42,46)(H,43,47)(H,44,49)/t31-,36-,37?/m0/s1. The minimum Gasteiger partial charge on any atom is -0.483 e. The van der Waals surface area contributed by atoms with Crippen LogP contribution < -0.4 is 20.7 Å². The van der Waals surface area contributed by atoms with E-state index in [1.807, 2.05) is 127 Å². The van der Waals surface area contributed by atoms with Crippen LogP contribution in [0.1, 0.15) is 69.7 Å². The molecule has 4 rings (SSSR count). The lowest BCUT2D eigenvalue weighted by Gasteiger charge is -2.36. The Hall–Kier alpha value is -4.84. The van der Waals surface area contributed by atoms with E-state index >= 15 is 0 Å². The molecule has 0 aromatic heterocycles. The molecule has 1 heterocycles. The van der Waals surface area contributed by atoms with Gasteiger partial charge in [0, 0.05) is 23.3 Å². The molecule has 3 aromatic carbocycles. The number of aryl methyl sites for hydroxylation is 2. The number of carbonyl (C=O) groups excluding carboxylic acids is 5. The average molecular weight is 745 g/mol. The summed E-state index contributed by atoms with van der Waals surface area (Å²) in [6.45, 7) is 13.1. The summed E-state index contributed by atoms with van der Waals surface area (Å²) in [4.78, 5) is 69.7. The number of nitrogens with zero attached hydrogens (tertiary/aromatic N) is 1. The second-order valence-corrected chi connectivity index (χ2v) is 16.5. The number of hydrogen-bond donors (Lipinski definition) is 3. The summed E-state index contributed by atoms with van der Waals surface area (Å²) in [5.41, 5.74) is 2.85. The van der Waals surface area contributed by atoms with Gasteiger partial charge in [-0.25, -0.2) is 0 Å². The summed E-state index contributed by atoms with van der Waals surface area (Å²) in [6.07, 6.45) is -1.88. The first-order valence-corrected chi connectivity index (χ1v) is 18.8. The van der Waals surface area contributed by atoms with Crippen LogP contribution in [0.15, 0.2) is 78.9 Å². The second-order valence-electron chi connectivity index (χ2n) is 14.9. The number of esters is 1. The highest BCUT2D eigenvalue weighted by atomic mass is 32.2. The summed E-state index contributed by atoms with van der Waals surface area (Å²) < 4.78 is 11.2. The van der Waals surface area contributed by atoms with Crippen LogP contribution in [0.5, 0.6) is 5.75 Å². The van der Waals surface area contributed by atoms with Crippen LogP contribution in [0, 0.1) is 13.8 Å². The number of benzene rings is 3. The van der Waals surface area contributed by atoms with Gasteiger partial charge >= 0.3 is 5.97 Å². The van der Waals surface area contributed by atoms with Gasteiger partial charge in [-0.1, -0.05) is 78.9 Å². The third-order valence-corrected chi connectivity index (χ3v) is 10.1. The van der Waals surface area contributed by atoms with Crippen molar-refractivity contribution >= 4 is 41.4 Å². The van der Waals surface area contributed by atoms with Crippen molar-refractivity contribution < 1.29 is 33.4 Å². The Morgan fingerprint density at radius 2 is 1.45 bits per heavy atom. The third kappa shape index (κ3) is 12.1. The largest absolute Gasteiger partial charge is 0.483 e. The summed E-state index contributed by atoms with van der Waals surface area (Å²) in [6, 6.07) is 22.3. The first-order valence-electron chi connectivity index (χ1n) is 17.8. The number of nitrogens with one attached hydrogen (secondary N) is 3. The molecule has 1 aliphatic heterocycles. The van der Waals surface area contributed by atoms with Crippen LogP contribution in [-0.4, -0.2) is 75.5 Å². The highest BCUT2D eigenvalue weighted by molar-refractivity contribution is 8.00. The third-order valence-electron chi connectivity index (χ3n) is 8.73. The van der Waals surface area contributed by atoms with Crippen molar-refractivity contribution in [2.24, 2.45) is 0 Å². The van der Waals surface area contributed by atoms with Gasteiger partial charge in [0.2, 0.25) is 17.9 Å². The Balaban J connectivity index is 1.61. The molecular weight excluding hydrogens is 693 g/mol. The maximum absolute atomic E-state index is 14.7. The zero-order valence-electron chi connectivity index (χ0n) is 31.7. The number of ether oxygens (including phenoxy) is 2. The number of amides is 4. The van der Waals surface area contributed by atoms with Crippen molar-refractivity contribution in [2.75, 3.05) is 12.5 Å². The molecular formula is C41H52N4O7S. The van der Waals surface area contributed by atoms with Crippen molar-refractivity contribution in [3.8, 4) is 5.75 Å². The smallest absolute Gasteiger partial charge is 0.307 e. The molecule has 12 heteroatoms. The van der Waals surface area contributed by atoms with Crippen molar-refractivity contribution in [1.29, 1.82) is 0 Å². The van der Waals surface area contributed by atoms with Crippen LogP contribution >= 0.6 is 11.8 Å². The van der Waals surface area contributed by atoms with Gasteiger partial charge in [-0.2, -0.15) is 0 Å². The van der Waals surface area contributed by atoms with E-state index in [1.54, 1.807) is 0 Å². The Kier molecular flexibility index (Phi) is 14.1. The van der Waals surface area contributed by atoms with Gasteiger partial charge in [-0.3, -0.25) is 24.0 Å². The van der Waals surface area contributed by atoms with Gasteiger partial charge in [0.05, 0.1) is 18.3 Å². The van der Waals surface area contributed by atoms with E-state index in [2.05, 4.69) is 16.0 Å². The molecule has 4 amide bonds. The van der Waals surface area contributed by atoms with E-state index in [0.29, 0.717) is 12.3 Å². The quantitative estimate of drug-likeness (QED) is 0.185. The fraction of sp³-hybridized carbons (Fsp3) is 0.439. The first kappa shape index (κ1) is 40.9. The SMILES string of the molecule is Cc1cccc(C)c1OCC(=O)N[C@@H](Cc1ccccc1)[C@H](OC(=O)CCC(=O)NCc1ccccc1)C(=O)N1CSC(C)(C)C1C(=O)NC(C)(C)C. The molecule has 0 radical (unpaired) electrons. The van der Waals surface area contributed by atoms with Gasteiger partial charge in [0.15, 0.2) is 6.61 Å². The second kappa shape index (κ2) is 18.3. The maximum atomic E-state index is 14.7. The monoisotopic (exact) mass is 744 g/mol. The van der Waals surface area contributed by atoms with Crippen LogP contribution in [0.4, 0.5) is 0 Å². The topological polar surface area (TPSA) is 143 Å². The molecule has 1 aliphatic rings. The number of hydrogen-bond acceptors (Lipinski definition) is 8. The zero-order chi connectivity index (χ0) is 38.8. The van der Waals surface area contributed by atoms with E-state index in [9.17, 15) is 24.0 Å². The van der Waals surface area contributed by atoms with Gasteiger partial charge < -0.3 is 30.3 Å². The van der Waals surface area contributed by atoms with Crippen LogP contribution in [0.2, 0.25) is 0 Å². The molecule has 53 heavy (non-hydrogen) atoms. The number of para-hydroxylation sites is 1. The van der Waals surface area contributed by atoms with Gasteiger partial charge in [0.25, 0.3) is 11.8 Å². The molecule has 0 bridgehead atoms. The molecule has 3 atom stereocenters. The van der Waals surface area contributed by atoms with Gasteiger partial charge in [-0.05, 0) is 77.1 Å². The molecule has 284 valence electrons. The Morgan fingerprint density at radius 1 is 0.849 bits per heavy atom. The molecule has 0 spiro atoms. The predicted octanol–water partition coefficient (Wildman–Crippen LogP) is 5.01. The summed E-state index contributed by atoms with van der Waals surface area (Å²) in [5, 5.41) is 8.71. The average Bonchev–Trinajstić information content (AvgIpc) is 3.43. The fourth-order valence-electron chi connectivity index (χ4n) is 6.13. The Bertz CT molecular complexity index is 1720. The molecule has 1 unspecified atom stereocenters. The molecule has 3 N–H and O–H groups in total. The van der Waals surface area contributed by atoms with Crippen molar-refractivity contribution in [2.45, 2.75) is 103 Å². The number of rotatable bonds is 15. The molecule has 0 aliphatic carbocycles. The van der Waals surface area contributed by atoms with E-state index < -0.39 is 46.3 Å². The van der Waals surface area contributed by atoms with E-state index in [1.165, 1.54) is 16.7 Å². The molecule has 0 saturated carbocycles. The lowest BCUT2D eigenvalue weighted by Crippen LogP contribution is -2.61. The van der Waals surface area contributed by atoms with Crippen LogP contribution in [0.3, 0.4) is 0 Å². The highest BCUT2D eigenvalue weighted by Gasteiger charge is 2.51. The normalized spacial score (nSPS) is 16.2.